The molecule has 5 nitrogen and oxygen atoms in total. The third-order valence-corrected chi connectivity index (χ3v) is 1.36. The van der Waals surface area contributed by atoms with Crippen LogP contribution in [0.15, 0.2) is 0 Å². The van der Waals surface area contributed by atoms with Crippen LogP contribution >= 0.6 is 23.2 Å². The average Bonchev–Trinajstić information content (AvgIpc) is 2.19. The number of alkyl halides is 2. The number of rotatable bonds is 8. The van der Waals surface area contributed by atoms with Gasteiger partial charge < -0.3 is 18.9 Å². The molecule has 0 amide bonds. The molecule has 84 valence electrons. The molecule has 0 rings (SSSR count). The number of halogens is 2. The Morgan fingerprint density at radius 1 is 0.857 bits per heavy atom. The molecule has 0 saturated heterocycles. The topological polar surface area (TPSA) is 54.0 Å². The molecular formula is C7H12Cl2O5. The maximum atomic E-state index is 10.7. The lowest BCUT2D eigenvalue weighted by molar-refractivity contribution is 0.0198. The van der Waals surface area contributed by atoms with E-state index < -0.39 is 6.16 Å². The van der Waals surface area contributed by atoms with E-state index in [1.54, 1.807) is 0 Å². The lowest BCUT2D eigenvalue weighted by Crippen LogP contribution is -2.14. The predicted molar refractivity (Wildman–Crippen MR) is 50.6 cm³/mol. The molecule has 0 aliphatic carbocycles. The van der Waals surface area contributed by atoms with E-state index in [1.165, 1.54) is 0 Å². The van der Waals surface area contributed by atoms with Crippen LogP contribution in [0.4, 0.5) is 4.79 Å². The Labute approximate surface area is 92.2 Å². The lowest BCUT2D eigenvalue weighted by atomic mass is 10.8. The number of hydrogen-bond donors (Lipinski definition) is 0. The van der Waals surface area contributed by atoms with Gasteiger partial charge in [-0.25, -0.2) is 4.79 Å². The van der Waals surface area contributed by atoms with Crippen LogP contribution in [-0.2, 0) is 18.9 Å². The molecule has 0 N–H and O–H groups in total. The van der Waals surface area contributed by atoms with Crippen molar-refractivity contribution in [3.63, 3.8) is 0 Å². The van der Waals surface area contributed by atoms with Crippen LogP contribution in [0.5, 0.6) is 0 Å². The first-order chi connectivity index (χ1) is 6.81. The fraction of sp³-hybridized carbons (Fsp3) is 0.857. The molecule has 0 aromatic heterocycles. The summed E-state index contributed by atoms with van der Waals surface area (Å²) in [6.07, 6.45) is -0.763. The summed E-state index contributed by atoms with van der Waals surface area (Å²) in [5.74, 6) is 0. The minimum absolute atomic E-state index is 0.0714. The second-order valence-electron chi connectivity index (χ2n) is 1.98. The number of carbonyl (C=O) groups excluding carboxylic acids is 1. The van der Waals surface area contributed by atoms with E-state index in [1.807, 2.05) is 0 Å². The number of ether oxygens (including phenoxy) is 4. The van der Waals surface area contributed by atoms with E-state index >= 15 is 0 Å². The summed E-state index contributed by atoms with van der Waals surface area (Å²) in [4.78, 5) is 10.7. The Hall–Kier alpha value is -0.230. The highest BCUT2D eigenvalue weighted by Gasteiger charge is 2.02. The largest absolute Gasteiger partial charge is 0.508 e. The maximum absolute atomic E-state index is 10.7. The molecule has 0 aliphatic rings. The van der Waals surface area contributed by atoms with Crippen molar-refractivity contribution in [2.75, 3.05) is 38.6 Å². The van der Waals surface area contributed by atoms with Crippen LogP contribution < -0.4 is 0 Å². The molecule has 0 aliphatic heterocycles. The normalized spacial score (nSPS) is 9.86. The first kappa shape index (κ1) is 13.8. The first-order valence-electron chi connectivity index (χ1n) is 3.88. The Balaban J connectivity index is 3.11. The van der Waals surface area contributed by atoms with E-state index in [0.29, 0.717) is 0 Å². The molecule has 0 atom stereocenters. The van der Waals surface area contributed by atoms with Crippen molar-refractivity contribution in [3.8, 4) is 0 Å². The van der Waals surface area contributed by atoms with Crippen LogP contribution in [-0.4, -0.2) is 44.7 Å². The quantitative estimate of drug-likeness (QED) is 0.370. The second-order valence-corrected chi connectivity index (χ2v) is 2.42. The average molecular weight is 247 g/mol. The summed E-state index contributed by atoms with van der Waals surface area (Å²) in [5, 5.41) is 0. The standard InChI is InChI=1S/C7H12Cl2O5/c8-5-11-1-3-13-7(10)14-4-2-12-6-9/h1-6H2. The Kier molecular flexibility index (Phi) is 10.7. The second kappa shape index (κ2) is 10.8. The van der Waals surface area contributed by atoms with Crippen LogP contribution in [0, 0.1) is 0 Å². The van der Waals surface area contributed by atoms with Gasteiger partial charge in [-0.2, -0.15) is 0 Å². The summed E-state index contributed by atoms with van der Waals surface area (Å²) in [7, 11) is 0. The Bertz CT molecular complexity index is 130. The third-order valence-electron chi connectivity index (χ3n) is 1.05. The third kappa shape index (κ3) is 9.85. The van der Waals surface area contributed by atoms with Crippen molar-refractivity contribution in [1.29, 1.82) is 0 Å². The lowest BCUT2D eigenvalue weighted by Gasteiger charge is -2.05. The van der Waals surface area contributed by atoms with Crippen molar-refractivity contribution in [2.45, 2.75) is 0 Å². The Morgan fingerprint density at radius 2 is 1.29 bits per heavy atom. The minimum Gasteiger partial charge on any atom is -0.432 e. The maximum Gasteiger partial charge on any atom is 0.508 e. The van der Waals surface area contributed by atoms with Gasteiger partial charge in [0.1, 0.15) is 25.3 Å². The van der Waals surface area contributed by atoms with E-state index in [9.17, 15) is 4.79 Å². The van der Waals surface area contributed by atoms with Crippen molar-refractivity contribution in [3.05, 3.63) is 0 Å². The van der Waals surface area contributed by atoms with Gasteiger partial charge in [-0.1, -0.05) is 23.2 Å². The first-order valence-corrected chi connectivity index (χ1v) is 4.95. The monoisotopic (exact) mass is 246 g/mol. The zero-order valence-electron chi connectivity index (χ0n) is 7.54. The van der Waals surface area contributed by atoms with Gasteiger partial charge in [0.2, 0.25) is 0 Å². The van der Waals surface area contributed by atoms with Crippen molar-refractivity contribution in [1.82, 2.24) is 0 Å². The van der Waals surface area contributed by atoms with Crippen molar-refractivity contribution >= 4 is 29.4 Å². The van der Waals surface area contributed by atoms with E-state index in [-0.39, 0.29) is 38.6 Å². The SMILES string of the molecule is O=C(OCCOCCl)OCCOCCl. The molecule has 0 spiro atoms. The highest BCUT2D eigenvalue weighted by atomic mass is 35.5. The van der Waals surface area contributed by atoms with Gasteiger partial charge in [0.15, 0.2) is 0 Å². The van der Waals surface area contributed by atoms with Gasteiger partial charge >= 0.3 is 6.16 Å². The van der Waals surface area contributed by atoms with Crippen LogP contribution in [0.3, 0.4) is 0 Å². The van der Waals surface area contributed by atoms with Crippen molar-refractivity contribution < 1.29 is 23.7 Å². The zero-order valence-corrected chi connectivity index (χ0v) is 9.05. The fourth-order valence-corrected chi connectivity index (χ4v) is 0.737. The van der Waals surface area contributed by atoms with Crippen LogP contribution in [0.2, 0.25) is 0 Å². The minimum atomic E-state index is -0.763. The van der Waals surface area contributed by atoms with E-state index in [0.717, 1.165) is 0 Å². The van der Waals surface area contributed by atoms with Gasteiger partial charge in [0, 0.05) is 0 Å². The van der Waals surface area contributed by atoms with Gasteiger partial charge in [0.05, 0.1) is 13.2 Å². The number of hydrogen-bond acceptors (Lipinski definition) is 5. The van der Waals surface area contributed by atoms with Gasteiger partial charge in [-0.15, -0.1) is 0 Å². The number of carbonyl (C=O) groups is 1. The highest BCUT2D eigenvalue weighted by molar-refractivity contribution is 6.17. The highest BCUT2D eigenvalue weighted by Crippen LogP contribution is 1.88. The summed E-state index contributed by atoms with van der Waals surface area (Å²) in [6, 6.07) is 0.143. The Morgan fingerprint density at radius 3 is 1.64 bits per heavy atom. The molecule has 0 aromatic carbocycles. The van der Waals surface area contributed by atoms with Crippen LogP contribution in [0.1, 0.15) is 0 Å². The molecule has 0 bridgehead atoms. The zero-order chi connectivity index (χ0) is 10.6. The summed E-state index contributed by atoms with van der Waals surface area (Å²) < 4.78 is 18.6. The van der Waals surface area contributed by atoms with Crippen LogP contribution in [0.25, 0.3) is 0 Å². The molecule has 0 saturated carbocycles. The van der Waals surface area contributed by atoms with Gasteiger partial charge in [-0.3, -0.25) is 0 Å². The molecule has 0 heterocycles. The molecule has 0 fully saturated rings. The van der Waals surface area contributed by atoms with Gasteiger partial charge in [-0.05, 0) is 0 Å². The summed E-state index contributed by atoms with van der Waals surface area (Å²) in [6.45, 7) is 0.720. The van der Waals surface area contributed by atoms with E-state index in [4.69, 9.17) is 32.7 Å². The van der Waals surface area contributed by atoms with Gasteiger partial charge in [0.25, 0.3) is 0 Å². The van der Waals surface area contributed by atoms with E-state index in [2.05, 4.69) is 9.47 Å². The molecule has 7 heteroatoms. The molecule has 14 heavy (non-hydrogen) atoms. The predicted octanol–water partition coefficient (Wildman–Crippen LogP) is 1.57. The smallest absolute Gasteiger partial charge is 0.432 e. The molecule has 0 unspecified atom stereocenters. The van der Waals surface area contributed by atoms with Crippen molar-refractivity contribution in [2.24, 2.45) is 0 Å². The molecule has 0 aromatic rings. The summed E-state index contributed by atoms with van der Waals surface area (Å²) in [5.41, 5.74) is 0. The summed E-state index contributed by atoms with van der Waals surface area (Å²) >= 11 is 10.4. The fourth-order valence-electron chi connectivity index (χ4n) is 0.519. The molecule has 0 radical (unpaired) electrons. The molecular weight excluding hydrogens is 235 g/mol.